The molecule has 0 bridgehead atoms. The highest BCUT2D eigenvalue weighted by Gasteiger charge is 2.49. The number of aliphatic hydroxyl groups is 5. The Morgan fingerprint density at radius 3 is 2.17 bits per heavy atom. The predicted molar refractivity (Wildman–Crippen MR) is 155 cm³/mol. The lowest BCUT2D eigenvalue weighted by atomic mass is 9.78. The summed E-state index contributed by atoms with van der Waals surface area (Å²) < 4.78 is 18.1. The van der Waals surface area contributed by atoms with Crippen molar-refractivity contribution in [1.29, 1.82) is 0 Å². The number of nitrogens with zero attached hydrogens (tertiary/aromatic N) is 2. The Balaban J connectivity index is 2.52. The van der Waals surface area contributed by atoms with Gasteiger partial charge in [-0.3, -0.25) is 4.79 Å². The van der Waals surface area contributed by atoms with Gasteiger partial charge in [-0.25, -0.2) is 0 Å². The summed E-state index contributed by atoms with van der Waals surface area (Å²) in [7, 11) is 5.58. The van der Waals surface area contributed by atoms with Crippen LogP contribution in [0.1, 0.15) is 74.7 Å². The van der Waals surface area contributed by atoms with E-state index >= 15 is 0 Å². The van der Waals surface area contributed by atoms with E-state index in [1.165, 1.54) is 13.8 Å². The minimum absolute atomic E-state index is 0.0990. The molecule has 0 aromatic heterocycles. The summed E-state index contributed by atoms with van der Waals surface area (Å²) in [5.41, 5.74) is -3.25. The van der Waals surface area contributed by atoms with Crippen molar-refractivity contribution in [3.63, 3.8) is 0 Å². The van der Waals surface area contributed by atoms with E-state index < -0.39 is 71.9 Å². The summed E-state index contributed by atoms with van der Waals surface area (Å²) in [6.45, 7) is 14.2. The van der Waals surface area contributed by atoms with E-state index in [2.05, 4.69) is 0 Å². The molecule has 2 aliphatic heterocycles. The molecule has 14 atom stereocenters. The Morgan fingerprint density at radius 1 is 1.05 bits per heavy atom. The fourth-order valence-electron chi connectivity index (χ4n) is 6.74. The molecular formula is C30H58N2O9. The molecule has 0 spiro atoms. The highest BCUT2D eigenvalue weighted by Crippen LogP contribution is 2.36. The first-order valence-electron chi connectivity index (χ1n) is 15.1. The molecule has 0 amide bonds. The van der Waals surface area contributed by atoms with Gasteiger partial charge in [0.1, 0.15) is 23.9 Å². The molecule has 2 saturated heterocycles. The average Bonchev–Trinajstić information content (AvgIpc) is 2.87. The largest absolute Gasteiger partial charge is 0.459 e. The molecule has 11 nitrogen and oxygen atoms in total. The quantitative estimate of drug-likeness (QED) is 0.298. The number of carbonyl (C=O) groups excluding carboxylic acids is 1. The fourth-order valence-corrected chi connectivity index (χ4v) is 6.74. The summed E-state index contributed by atoms with van der Waals surface area (Å²) in [5.74, 6) is -2.65. The van der Waals surface area contributed by atoms with Crippen LogP contribution in [0.2, 0.25) is 0 Å². The van der Waals surface area contributed by atoms with Crippen molar-refractivity contribution >= 4 is 5.97 Å². The Morgan fingerprint density at radius 2 is 1.63 bits per heavy atom. The lowest BCUT2D eigenvalue weighted by Crippen LogP contribution is -2.59. The first-order valence-corrected chi connectivity index (χ1v) is 15.1. The Labute approximate surface area is 246 Å². The van der Waals surface area contributed by atoms with Gasteiger partial charge in [0, 0.05) is 24.5 Å². The zero-order valence-corrected chi connectivity index (χ0v) is 27.0. The van der Waals surface area contributed by atoms with Crippen molar-refractivity contribution in [1.82, 2.24) is 9.80 Å². The van der Waals surface area contributed by atoms with Crippen molar-refractivity contribution in [2.24, 2.45) is 17.8 Å². The smallest absolute Gasteiger partial charge is 0.311 e. The fraction of sp³-hybridized carbons (Fsp3) is 0.967. The van der Waals surface area contributed by atoms with Gasteiger partial charge in [-0.1, -0.05) is 20.8 Å². The monoisotopic (exact) mass is 590 g/mol. The molecular weight excluding hydrogens is 532 g/mol. The minimum Gasteiger partial charge on any atom is -0.459 e. The van der Waals surface area contributed by atoms with Gasteiger partial charge in [0.25, 0.3) is 0 Å². The second-order valence-corrected chi connectivity index (χ2v) is 13.6. The lowest BCUT2D eigenvalue weighted by Gasteiger charge is -2.46. The van der Waals surface area contributed by atoms with E-state index in [0.717, 1.165) is 0 Å². The van der Waals surface area contributed by atoms with Crippen molar-refractivity contribution in [3.8, 4) is 0 Å². The van der Waals surface area contributed by atoms with Crippen LogP contribution >= 0.6 is 0 Å². The van der Waals surface area contributed by atoms with Crippen LogP contribution in [0.15, 0.2) is 0 Å². The second-order valence-electron chi connectivity index (χ2n) is 13.6. The molecule has 0 aliphatic carbocycles. The Bertz CT molecular complexity index is 841. The van der Waals surface area contributed by atoms with E-state index in [-0.39, 0.29) is 30.9 Å². The SMILES string of the molecule is CC[C@@H]1OC(=O)[C@H](C)[C@H](O)[C@@H](C)[C@@H](OC2OC(C)CC(N(C)C)C2O)[C@](C)(O)C[C@@H](C)CN(C)[C@@H](C)[C@H](O)[C@]1(C)O. The van der Waals surface area contributed by atoms with Crippen LogP contribution in [0, 0.1) is 17.8 Å². The van der Waals surface area contributed by atoms with Crippen LogP contribution in [-0.2, 0) is 19.0 Å². The predicted octanol–water partition coefficient (Wildman–Crippen LogP) is 0.976. The third-order valence-electron chi connectivity index (χ3n) is 9.46. The van der Waals surface area contributed by atoms with Gasteiger partial charge in [0.2, 0.25) is 0 Å². The highest BCUT2D eigenvalue weighted by molar-refractivity contribution is 5.73. The minimum atomic E-state index is -1.75. The third kappa shape index (κ3) is 8.39. The maximum absolute atomic E-state index is 13.3. The summed E-state index contributed by atoms with van der Waals surface area (Å²) in [4.78, 5) is 17.1. The first-order chi connectivity index (χ1) is 18.8. The summed E-state index contributed by atoms with van der Waals surface area (Å²) in [6.07, 6.45) is -5.74. The number of rotatable bonds is 4. The zero-order chi connectivity index (χ0) is 31.6. The van der Waals surface area contributed by atoms with Gasteiger partial charge in [-0.2, -0.15) is 0 Å². The molecule has 0 aromatic rings. The Kier molecular flexibility index (Phi) is 12.6. The van der Waals surface area contributed by atoms with Crippen LogP contribution in [0.3, 0.4) is 0 Å². The number of hydrogen-bond donors (Lipinski definition) is 5. The van der Waals surface area contributed by atoms with Gasteiger partial charge in [0.05, 0.1) is 29.8 Å². The van der Waals surface area contributed by atoms with E-state index in [1.54, 1.807) is 27.7 Å². The van der Waals surface area contributed by atoms with Gasteiger partial charge in [0.15, 0.2) is 6.29 Å². The van der Waals surface area contributed by atoms with E-state index in [9.17, 15) is 30.3 Å². The van der Waals surface area contributed by atoms with Gasteiger partial charge >= 0.3 is 5.97 Å². The topological polar surface area (TPSA) is 152 Å². The van der Waals surface area contributed by atoms with Crippen molar-refractivity contribution < 1.29 is 44.5 Å². The number of carbonyl (C=O) groups is 1. The highest BCUT2D eigenvalue weighted by atomic mass is 16.7. The molecule has 2 rings (SSSR count). The maximum Gasteiger partial charge on any atom is 0.311 e. The molecule has 242 valence electrons. The number of aliphatic hydroxyl groups excluding tert-OH is 3. The molecule has 2 fully saturated rings. The van der Waals surface area contributed by atoms with Crippen LogP contribution in [0.4, 0.5) is 0 Å². The van der Waals surface area contributed by atoms with Crippen molar-refractivity contribution in [2.45, 2.75) is 141 Å². The molecule has 5 N–H and O–H groups in total. The number of esters is 1. The van der Waals surface area contributed by atoms with E-state index in [0.29, 0.717) is 13.0 Å². The first kappa shape index (κ1) is 36.3. The third-order valence-corrected chi connectivity index (χ3v) is 9.46. The molecule has 11 heteroatoms. The van der Waals surface area contributed by atoms with E-state index in [1.807, 2.05) is 44.8 Å². The van der Waals surface area contributed by atoms with Gasteiger partial charge in [-0.05, 0) is 80.9 Å². The normalized spacial score (nSPS) is 48.4. The number of hydrogen-bond acceptors (Lipinski definition) is 11. The van der Waals surface area contributed by atoms with Crippen molar-refractivity contribution in [2.75, 3.05) is 27.7 Å². The van der Waals surface area contributed by atoms with Crippen molar-refractivity contribution in [3.05, 3.63) is 0 Å². The zero-order valence-electron chi connectivity index (χ0n) is 27.0. The number of likely N-dealkylation sites (N-methyl/N-ethyl adjacent to an activating group) is 2. The standard InChI is InChI=1S/C30H58N2O9/c1-12-22-30(8,38)25(35)20(6)32(11)15-16(2)14-29(7,37)26(18(4)23(33)19(5)27(36)40-22)41-28-24(34)21(31(9)10)13-17(3)39-28/h16-26,28,33-35,37-38H,12-15H2,1-11H3/t16-,17?,18-,19-,20+,21?,22+,23-,24?,25+,26-,28?,29-,30-/m1/s1. The van der Waals surface area contributed by atoms with Crippen LogP contribution in [0.25, 0.3) is 0 Å². The summed E-state index contributed by atoms with van der Waals surface area (Å²) >= 11 is 0. The second kappa shape index (κ2) is 14.3. The van der Waals surface area contributed by atoms with Crippen LogP contribution in [0.5, 0.6) is 0 Å². The Hall–Kier alpha value is -0.890. The molecule has 2 heterocycles. The summed E-state index contributed by atoms with van der Waals surface area (Å²) in [6, 6.07) is -0.733. The van der Waals surface area contributed by atoms with Gasteiger partial charge in [-0.15, -0.1) is 0 Å². The van der Waals surface area contributed by atoms with Crippen LogP contribution in [-0.4, -0.2) is 135 Å². The van der Waals surface area contributed by atoms with Crippen LogP contribution < -0.4 is 0 Å². The van der Waals surface area contributed by atoms with E-state index in [4.69, 9.17) is 14.2 Å². The molecule has 0 saturated carbocycles. The molecule has 2 aliphatic rings. The maximum atomic E-state index is 13.3. The lowest BCUT2D eigenvalue weighted by molar-refractivity contribution is -0.299. The number of ether oxygens (including phenoxy) is 3. The van der Waals surface area contributed by atoms with Gasteiger partial charge < -0.3 is 49.5 Å². The molecule has 0 aromatic carbocycles. The number of cyclic esters (lactones) is 1. The molecule has 4 unspecified atom stereocenters. The average molecular weight is 591 g/mol. The molecule has 41 heavy (non-hydrogen) atoms. The molecule has 0 radical (unpaired) electrons. The summed E-state index contributed by atoms with van der Waals surface area (Å²) in [5, 5.41) is 57.0.